The van der Waals surface area contributed by atoms with Crippen LogP contribution < -0.4 is 4.18 Å². The largest absolute Gasteiger partial charge is 0.465 e. The van der Waals surface area contributed by atoms with E-state index >= 15 is 0 Å². The van der Waals surface area contributed by atoms with Crippen LogP contribution in [0.3, 0.4) is 0 Å². The molecule has 162 valence electrons. The number of thioether (sulfide) groups is 1. The second-order valence-electron chi connectivity index (χ2n) is 6.10. The second-order valence-corrected chi connectivity index (χ2v) is 9.08. The molecule has 1 aliphatic rings. The van der Waals surface area contributed by atoms with Crippen LogP contribution in [0.25, 0.3) is 6.08 Å². The summed E-state index contributed by atoms with van der Waals surface area (Å²) in [6, 6.07) is 11.6. The van der Waals surface area contributed by atoms with Gasteiger partial charge in [-0.2, -0.15) is 8.42 Å². The lowest BCUT2D eigenvalue weighted by Gasteiger charge is -2.11. The van der Waals surface area contributed by atoms with Crippen LogP contribution in [-0.4, -0.2) is 43.6 Å². The van der Waals surface area contributed by atoms with E-state index in [0.29, 0.717) is 16.8 Å². The number of carbonyl (C=O) groups is 3. The van der Waals surface area contributed by atoms with Crippen LogP contribution in [0.5, 0.6) is 5.75 Å². The molecular formula is C20H16ClNO7S2. The van der Waals surface area contributed by atoms with E-state index in [1.165, 1.54) is 42.5 Å². The number of para-hydroxylation sites is 1. The van der Waals surface area contributed by atoms with Gasteiger partial charge in [-0.1, -0.05) is 29.8 Å². The Morgan fingerprint density at radius 2 is 1.81 bits per heavy atom. The Labute approximate surface area is 187 Å². The van der Waals surface area contributed by atoms with Crippen molar-refractivity contribution < 1.29 is 31.7 Å². The number of rotatable bonds is 7. The van der Waals surface area contributed by atoms with Crippen molar-refractivity contribution in [3.8, 4) is 5.75 Å². The van der Waals surface area contributed by atoms with Crippen molar-refractivity contribution >= 4 is 56.7 Å². The maximum Gasteiger partial charge on any atom is 0.339 e. The number of benzene rings is 2. The van der Waals surface area contributed by atoms with Gasteiger partial charge in [0.25, 0.3) is 11.1 Å². The van der Waals surface area contributed by atoms with Crippen molar-refractivity contribution in [2.45, 2.75) is 11.8 Å². The Bertz CT molecular complexity index is 1160. The van der Waals surface area contributed by atoms with Crippen LogP contribution in [0.1, 0.15) is 12.5 Å². The molecule has 0 aliphatic carbocycles. The number of halogens is 1. The van der Waals surface area contributed by atoms with Crippen LogP contribution in [0.2, 0.25) is 5.02 Å². The van der Waals surface area contributed by atoms with Crippen molar-refractivity contribution in [3.05, 3.63) is 64.0 Å². The van der Waals surface area contributed by atoms with Crippen molar-refractivity contribution in [3.63, 3.8) is 0 Å². The summed E-state index contributed by atoms with van der Waals surface area (Å²) in [5.41, 5.74) is 0.265. The number of carbonyl (C=O) groups excluding carboxylic acids is 3. The van der Waals surface area contributed by atoms with E-state index in [2.05, 4.69) is 0 Å². The Kier molecular flexibility index (Phi) is 7.04. The fourth-order valence-corrected chi connectivity index (χ4v) is 4.47. The average Bonchev–Trinajstić information content (AvgIpc) is 2.97. The van der Waals surface area contributed by atoms with Gasteiger partial charge in [-0.15, -0.1) is 0 Å². The van der Waals surface area contributed by atoms with Gasteiger partial charge in [0.15, 0.2) is 0 Å². The Morgan fingerprint density at radius 1 is 1.13 bits per heavy atom. The predicted molar refractivity (Wildman–Crippen MR) is 115 cm³/mol. The molecule has 0 spiro atoms. The van der Waals surface area contributed by atoms with Crippen molar-refractivity contribution in [1.29, 1.82) is 0 Å². The van der Waals surface area contributed by atoms with E-state index in [4.69, 9.17) is 20.5 Å². The van der Waals surface area contributed by atoms with E-state index < -0.39 is 33.8 Å². The number of hydrogen-bond acceptors (Lipinski definition) is 8. The van der Waals surface area contributed by atoms with Gasteiger partial charge in [0.05, 0.1) is 11.5 Å². The first kappa shape index (κ1) is 22.9. The molecule has 0 unspecified atom stereocenters. The Hall–Kier alpha value is -2.82. The Morgan fingerprint density at radius 3 is 2.48 bits per heavy atom. The number of ether oxygens (including phenoxy) is 1. The SMILES string of the molecule is CCOC(=O)CN1C(=O)S/C(=C\c2ccccc2OS(=O)(=O)c2ccc(Cl)cc2)C1=O. The van der Waals surface area contributed by atoms with Gasteiger partial charge in [0.1, 0.15) is 17.2 Å². The molecular weight excluding hydrogens is 466 g/mol. The zero-order valence-electron chi connectivity index (χ0n) is 16.1. The normalized spacial score (nSPS) is 15.4. The molecule has 1 saturated heterocycles. The first-order chi connectivity index (χ1) is 14.7. The maximum atomic E-state index is 12.6. The summed E-state index contributed by atoms with van der Waals surface area (Å²) in [6.07, 6.45) is 1.34. The summed E-state index contributed by atoms with van der Waals surface area (Å²) in [5.74, 6) is -1.42. The maximum absolute atomic E-state index is 12.6. The third-order valence-corrected chi connectivity index (χ3v) is 6.38. The van der Waals surface area contributed by atoms with Crippen LogP contribution in [0.4, 0.5) is 4.79 Å². The van der Waals surface area contributed by atoms with E-state index in [0.717, 1.165) is 4.90 Å². The molecule has 2 aromatic rings. The summed E-state index contributed by atoms with van der Waals surface area (Å²) in [5, 5.41) is -0.255. The van der Waals surface area contributed by atoms with E-state index in [9.17, 15) is 22.8 Å². The molecule has 31 heavy (non-hydrogen) atoms. The van der Waals surface area contributed by atoms with E-state index in [1.807, 2.05) is 0 Å². The summed E-state index contributed by atoms with van der Waals surface area (Å²) in [4.78, 5) is 37.0. The number of amides is 2. The van der Waals surface area contributed by atoms with Crippen molar-refractivity contribution in [1.82, 2.24) is 4.90 Å². The third-order valence-electron chi connectivity index (χ3n) is 3.97. The first-order valence-corrected chi connectivity index (χ1v) is 11.5. The van der Waals surface area contributed by atoms with Crippen molar-refractivity contribution in [2.24, 2.45) is 0 Å². The summed E-state index contributed by atoms with van der Waals surface area (Å²) in [6.45, 7) is 1.23. The second kappa shape index (κ2) is 9.54. The number of imide groups is 1. The van der Waals surface area contributed by atoms with Crippen molar-refractivity contribution in [2.75, 3.05) is 13.2 Å². The summed E-state index contributed by atoms with van der Waals surface area (Å²) < 4.78 is 35.2. The lowest BCUT2D eigenvalue weighted by molar-refractivity contribution is -0.145. The predicted octanol–water partition coefficient (Wildman–Crippen LogP) is 3.71. The van der Waals surface area contributed by atoms with Gasteiger partial charge < -0.3 is 8.92 Å². The van der Waals surface area contributed by atoms with Gasteiger partial charge in [-0.05, 0) is 55.1 Å². The molecule has 8 nitrogen and oxygen atoms in total. The lowest BCUT2D eigenvalue weighted by atomic mass is 10.2. The first-order valence-electron chi connectivity index (χ1n) is 8.91. The van der Waals surface area contributed by atoms with Gasteiger partial charge in [-0.25, -0.2) is 0 Å². The summed E-state index contributed by atoms with van der Waals surface area (Å²) >= 11 is 6.42. The van der Waals surface area contributed by atoms with Crippen LogP contribution in [0.15, 0.2) is 58.3 Å². The number of nitrogens with zero attached hydrogens (tertiary/aromatic N) is 1. The minimum Gasteiger partial charge on any atom is -0.465 e. The molecule has 0 radical (unpaired) electrons. The molecule has 3 rings (SSSR count). The van der Waals surface area contributed by atoms with Gasteiger partial charge in [0, 0.05) is 10.6 Å². The standard InChI is InChI=1S/C20H16ClNO7S2/c1-2-28-18(23)12-22-19(24)17(30-20(22)25)11-13-5-3-4-6-16(13)29-31(26,27)15-9-7-14(21)8-10-15/h3-11H,2,12H2,1H3/b17-11-. The van der Waals surface area contributed by atoms with E-state index in [-0.39, 0.29) is 27.7 Å². The van der Waals surface area contributed by atoms with Crippen LogP contribution in [0, 0.1) is 0 Å². The zero-order chi connectivity index (χ0) is 22.6. The molecule has 0 aromatic heterocycles. The molecule has 1 heterocycles. The fraction of sp³-hybridized carbons (Fsp3) is 0.150. The lowest BCUT2D eigenvalue weighted by Crippen LogP contribution is -2.34. The molecule has 1 aliphatic heterocycles. The smallest absolute Gasteiger partial charge is 0.339 e. The molecule has 0 N–H and O–H groups in total. The monoisotopic (exact) mass is 481 g/mol. The highest BCUT2D eigenvalue weighted by atomic mass is 35.5. The summed E-state index contributed by atoms with van der Waals surface area (Å²) in [7, 11) is -4.16. The quantitative estimate of drug-likeness (QED) is 0.334. The molecule has 0 bridgehead atoms. The van der Waals surface area contributed by atoms with Crippen LogP contribution in [-0.2, 0) is 24.4 Å². The minimum atomic E-state index is -4.16. The minimum absolute atomic E-state index is 0.0224. The van der Waals surface area contributed by atoms with Gasteiger partial charge >= 0.3 is 16.1 Å². The van der Waals surface area contributed by atoms with Crippen LogP contribution >= 0.6 is 23.4 Å². The Balaban J connectivity index is 1.86. The highest BCUT2D eigenvalue weighted by Gasteiger charge is 2.36. The highest BCUT2D eigenvalue weighted by molar-refractivity contribution is 8.18. The van der Waals surface area contributed by atoms with Gasteiger partial charge in [-0.3, -0.25) is 19.3 Å². The molecule has 1 fully saturated rings. The molecule has 2 aromatic carbocycles. The molecule has 11 heteroatoms. The van der Waals surface area contributed by atoms with Gasteiger partial charge in [0.2, 0.25) is 0 Å². The fourth-order valence-electron chi connectivity index (χ4n) is 2.56. The number of hydrogen-bond donors (Lipinski definition) is 0. The average molecular weight is 482 g/mol. The third kappa shape index (κ3) is 5.46. The topological polar surface area (TPSA) is 107 Å². The molecule has 2 amide bonds. The zero-order valence-corrected chi connectivity index (χ0v) is 18.5. The number of esters is 1. The molecule has 0 saturated carbocycles. The van der Waals surface area contributed by atoms with E-state index in [1.54, 1.807) is 19.1 Å². The highest BCUT2D eigenvalue weighted by Crippen LogP contribution is 2.34. The molecule has 0 atom stereocenters.